The number of fused-ring (bicyclic) bond motifs is 22. The van der Waals surface area contributed by atoms with E-state index in [0.717, 1.165) is 156 Å². The van der Waals surface area contributed by atoms with Crippen molar-refractivity contribution in [3.63, 3.8) is 0 Å². The summed E-state index contributed by atoms with van der Waals surface area (Å²) in [6.45, 7) is 8.00. The van der Waals surface area contributed by atoms with E-state index in [1.165, 1.54) is 95.6 Å². The fourth-order valence-corrected chi connectivity index (χ4v) is 23.1. The van der Waals surface area contributed by atoms with E-state index in [1.807, 2.05) is 45.1 Å². The minimum Gasteiger partial charge on any atom is -0.307 e. The van der Waals surface area contributed by atoms with Crippen molar-refractivity contribution >= 4 is 173 Å². The van der Waals surface area contributed by atoms with Gasteiger partial charge in [0.1, 0.15) is 0 Å². The third kappa shape index (κ3) is 13.6. The number of aromatic nitrogens is 10. The molecule has 0 fully saturated rings. The molecule has 10 nitrogen and oxygen atoms in total. The molecule has 20 aromatic carbocycles. The standard InChI is InChI=1S/C64H39N5S.C62H39N5.2C2H6/c1-2-19-40(20-3-1)64-65-51(39-52(66-64)50-29-18-28-49-48-27-10-17-36-61(48)70-63(49)50)41-37-59(67-53-30-11-4-21-42(53)43-22-5-12-31-54(43)67)62(69-57-34-15-8-25-46(57)47-26-9-16-35-58(47)69)60(38-41)68-55-32-13-6-23-44(55)45-24-7-14-33-56(45)68;1-2-19-41(20-3-1)62-63-51(43-35-34-40-18-4-5-21-42(40)36-43)39-52(64-62)44-37-59(65-53-28-12-6-22-45(53)46-23-7-13-29-54(46)65)61(67-57-32-16-10-26-49(57)50-27-11-17-33-58(50)67)60(38-44)66-55-30-14-8-24-47(55)48-25-9-15-31-56(48)66;2*1-2/h1-39H;1-39H;2*1-2H3. The molecule has 666 valence electrons. The number of hydrogen-bond donors (Lipinski definition) is 0. The molecule has 0 saturated carbocycles. The molecule has 0 bridgehead atoms. The van der Waals surface area contributed by atoms with Gasteiger partial charge in [-0.05, 0) is 132 Å². The third-order valence-electron chi connectivity index (χ3n) is 27.9. The van der Waals surface area contributed by atoms with Crippen LogP contribution in [0.25, 0.3) is 264 Å². The molecular formula is C130H90N10S. The van der Waals surface area contributed by atoms with E-state index in [0.29, 0.717) is 11.6 Å². The van der Waals surface area contributed by atoms with E-state index in [1.54, 1.807) is 0 Å². The van der Waals surface area contributed by atoms with E-state index in [9.17, 15) is 0 Å². The number of hydrogen-bond acceptors (Lipinski definition) is 5. The van der Waals surface area contributed by atoms with Crippen molar-refractivity contribution in [2.24, 2.45) is 0 Å². The molecule has 29 aromatic rings. The normalized spacial score (nSPS) is 11.7. The van der Waals surface area contributed by atoms with Gasteiger partial charge < -0.3 is 27.4 Å². The van der Waals surface area contributed by atoms with Gasteiger partial charge in [0.2, 0.25) is 0 Å². The van der Waals surface area contributed by atoms with Crippen molar-refractivity contribution in [2.45, 2.75) is 27.7 Å². The maximum absolute atomic E-state index is 5.58. The third-order valence-corrected chi connectivity index (χ3v) is 29.1. The molecule has 0 radical (unpaired) electrons. The molecule has 0 N–H and O–H groups in total. The SMILES string of the molecule is CC.CC.c1ccc(-c2nc(-c3cc(-n4c5ccccc5c5ccccc54)c(-n4c5ccccc5c5ccccc54)c(-n4c5ccccc5c5ccccc54)c3)cc(-c3ccc4ccccc4c3)n2)cc1.c1ccc(-c2nc(-c3cc(-n4c5ccccc5c5ccccc54)c(-n4c5ccccc5c5ccccc54)c(-n4c5ccccc5c5ccccc54)c3)cc(-c3cccc4c3sc3ccccc34)n2)cc1. The summed E-state index contributed by atoms with van der Waals surface area (Å²) in [5, 5.41) is 19.2. The zero-order valence-electron chi connectivity index (χ0n) is 77.9. The number of rotatable bonds is 12. The quantitative estimate of drug-likeness (QED) is 0.122. The number of thiophene rings is 1. The van der Waals surface area contributed by atoms with Gasteiger partial charge in [-0.2, -0.15) is 0 Å². The van der Waals surface area contributed by atoms with E-state index in [4.69, 9.17) is 19.9 Å². The summed E-state index contributed by atoms with van der Waals surface area (Å²) in [4.78, 5) is 21.8. The minimum absolute atomic E-state index is 0.671. The van der Waals surface area contributed by atoms with Crippen molar-refractivity contribution in [1.82, 2.24) is 47.3 Å². The first-order chi connectivity index (χ1) is 70.0. The summed E-state index contributed by atoms with van der Waals surface area (Å²) in [6.07, 6.45) is 0. The summed E-state index contributed by atoms with van der Waals surface area (Å²) in [6, 6.07) is 171. The number of nitrogens with zero attached hydrogens (tertiary/aromatic N) is 10. The smallest absolute Gasteiger partial charge is 0.160 e. The molecule has 9 aromatic heterocycles. The van der Waals surface area contributed by atoms with Crippen LogP contribution in [0.15, 0.2) is 473 Å². The molecule has 0 aliphatic heterocycles. The highest BCUT2D eigenvalue weighted by Crippen LogP contribution is 2.50. The number of benzene rings is 20. The topological polar surface area (TPSA) is 81.1 Å². The second-order valence-corrected chi connectivity index (χ2v) is 36.5. The summed E-state index contributed by atoms with van der Waals surface area (Å²) in [7, 11) is 0. The fraction of sp³-hybridized carbons (Fsp3) is 0.0308. The Hall–Kier alpha value is -18.2. The van der Waals surface area contributed by atoms with Crippen LogP contribution in [0.1, 0.15) is 27.7 Å². The maximum Gasteiger partial charge on any atom is 0.160 e. The lowest BCUT2D eigenvalue weighted by molar-refractivity contribution is 1.05. The predicted octanol–water partition coefficient (Wildman–Crippen LogP) is 35.1. The van der Waals surface area contributed by atoms with Crippen molar-refractivity contribution < 1.29 is 0 Å². The van der Waals surface area contributed by atoms with Gasteiger partial charge in [-0.25, -0.2) is 19.9 Å². The highest BCUT2D eigenvalue weighted by atomic mass is 32.1. The predicted molar refractivity (Wildman–Crippen MR) is 596 cm³/mol. The molecule has 0 spiro atoms. The van der Waals surface area contributed by atoms with Crippen LogP contribution in [-0.4, -0.2) is 47.3 Å². The lowest BCUT2D eigenvalue weighted by atomic mass is 10.0. The van der Waals surface area contributed by atoms with Gasteiger partial charge in [0.15, 0.2) is 11.6 Å². The van der Waals surface area contributed by atoms with Gasteiger partial charge in [-0.1, -0.05) is 380 Å². The molecule has 0 saturated heterocycles. The Balaban J connectivity index is 0.000000140. The molecule has 0 aliphatic carbocycles. The molecule has 0 aliphatic rings. The zero-order valence-corrected chi connectivity index (χ0v) is 78.7. The van der Waals surface area contributed by atoms with Gasteiger partial charge >= 0.3 is 0 Å². The fourth-order valence-electron chi connectivity index (χ4n) is 21.9. The molecule has 0 amide bonds. The maximum atomic E-state index is 5.58. The zero-order chi connectivity index (χ0) is 93.9. The van der Waals surface area contributed by atoms with Gasteiger partial charge in [0.25, 0.3) is 0 Å². The van der Waals surface area contributed by atoms with Crippen LogP contribution in [0.3, 0.4) is 0 Å². The molecule has 141 heavy (non-hydrogen) atoms. The molecule has 0 atom stereocenters. The molecule has 9 heterocycles. The first kappa shape index (κ1) is 83.4. The van der Waals surface area contributed by atoms with Gasteiger partial charge in [0.05, 0.1) is 123 Å². The summed E-state index contributed by atoms with van der Waals surface area (Å²) in [5.41, 5.74) is 29.2. The van der Waals surface area contributed by atoms with Crippen LogP contribution < -0.4 is 0 Å². The Morgan fingerprint density at radius 1 is 0.170 bits per heavy atom. The van der Waals surface area contributed by atoms with E-state index in [2.05, 4.69) is 495 Å². The van der Waals surface area contributed by atoms with E-state index < -0.39 is 0 Å². The van der Waals surface area contributed by atoms with Crippen LogP contribution in [0.2, 0.25) is 0 Å². The van der Waals surface area contributed by atoms with E-state index in [-0.39, 0.29) is 0 Å². The molecule has 29 rings (SSSR count). The molecule has 0 unspecified atom stereocenters. The lowest BCUT2D eigenvalue weighted by Gasteiger charge is -2.23. The second kappa shape index (κ2) is 34.6. The molecule has 11 heteroatoms. The first-order valence-corrected chi connectivity index (χ1v) is 49.4. The van der Waals surface area contributed by atoms with Crippen molar-refractivity contribution in [2.75, 3.05) is 0 Å². The number of para-hydroxylation sites is 12. The van der Waals surface area contributed by atoms with Crippen molar-refractivity contribution in [3.8, 4) is 102 Å². The van der Waals surface area contributed by atoms with Crippen LogP contribution in [0, 0.1) is 0 Å². The van der Waals surface area contributed by atoms with Gasteiger partial charge in [-0.15, -0.1) is 11.3 Å². The summed E-state index contributed by atoms with van der Waals surface area (Å²) in [5.74, 6) is 1.35. The Labute approximate surface area is 817 Å². The summed E-state index contributed by atoms with van der Waals surface area (Å²) >= 11 is 1.82. The lowest BCUT2D eigenvalue weighted by Crippen LogP contribution is -2.10. The van der Waals surface area contributed by atoms with Crippen LogP contribution in [0.4, 0.5) is 0 Å². The van der Waals surface area contributed by atoms with Crippen LogP contribution in [-0.2, 0) is 0 Å². The van der Waals surface area contributed by atoms with Gasteiger partial charge in [0, 0.05) is 118 Å². The Morgan fingerprint density at radius 2 is 0.418 bits per heavy atom. The second-order valence-electron chi connectivity index (χ2n) is 35.4. The highest BCUT2D eigenvalue weighted by Gasteiger charge is 2.31. The van der Waals surface area contributed by atoms with E-state index >= 15 is 0 Å². The van der Waals surface area contributed by atoms with Crippen molar-refractivity contribution in [3.05, 3.63) is 473 Å². The Kier molecular flexibility index (Phi) is 20.5. The average Bonchev–Trinajstić information content (AvgIpc) is 1.55. The van der Waals surface area contributed by atoms with Gasteiger partial charge in [-0.3, -0.25) is 0 Å². The summed E-state index contributed by atoms with van der Waals surface area (Å²) < 4.78 is 17.4. The van der Waals surface area contributed by atoms with Crippen LogP contribution >= 0.6 is 11.3 Å². The van der Waals surface area contributed by atoms with Crippen molar-refractivity contribution in [1.29, 1.82) is 0 Å². The highest BCUT2D eigenvalue weighted by molar-refractivity contribution is 7.26. The van der Waals surface area contributed by atoms with Crippen LogP contribution in [0.5, 0.6) is 0 Å². The molecular weight excluding hydrogens is 1730 g/mol. The largest absolute Gasteiger partial charge is 0.307 e. The Bertz CT molecular complexity index is 9450. The average molecular weight is 1820 g/mol. The monoisotopic (exact) mass is 1820 g/mol. The first-order valence-electron chi connectivity index (χ1n) is 48.6. The Morgan fingerprint density at radius 3 is 0.745 bits per heavy atom. The minimum atomic E-state index is 0.671.